The predicted molar refractivity (Wildman–Crippen MR) is 149 cm³/mol. The van der Waals surface area contributed by atoms with E-state index in [9.17, 15) is 13.2 Å². The van der Waals surface area contributed by atoms with E-state index in [0.29, 0.717) is 11.6 Å². The Labute approximate surface area is 224 Å². The number of carbonyl (C=O) groups is 1. The van der Waals surface area contributed by atoms with Gasteiger partial charge in [-0.2, -0.15) is 4.31 Å². The fourth-order valence-electron chi connectivity index (χ4n) is 3.99. The van der Waals surface area contributed by atoms with Gasteiger partial charge >= 0.3 is 0 Å². The molecule has 4 aromatic rings. The van der Waals surface area contributed by atoms with Gasteiger partial charge in [0, 0.05) is 24.0 Å². The van der Waals surface area contributed by atoms with Gasteiger partial charge in [0.25, 0.3) is 0 Å². The van der Waals surface area contributed by atoms with Gasteiger partial charge in [-0.3, -0.25) is 14.7 Å². The maximum atomic E-state index is 13.2. The van der Waals surface area contributed by atoms with E-state index in [-0.39, 0.29) is 18.0 Å². The monoisotopic (exact) mass is 532 g/mol. The zero-order valence-corrected chi connectivity index (χ0v) is 23.0. The Kier molecular flexibility index (Phi) is 7.99. The van der Waals surface area contributed by atoms with Gasteiger partial charge < -0.3 is 4.74 Å². The second-order valence-corrected chi connectivity index (χ2v) is 11.0. The number of nitrogens with zero attached hydrogens (tertiary/aromatic N) is 3. The number of hydrogen-bond acceptors (Lipinski definition) is 5. The van der Waals surface area contributed by atoms with Crippen molar-refractivity contribution < 1.29 is 17.9 Å². The fraction of sp³-hybridized carbons (Fsp3) is 0.241. The SMILES string of the molecule is CCN(CC(=O)Nc1nc(-c2ccc(OC)cc2)cn1-c1ccc(C)c(C)c1)S(=O)(=O)c1ccc(C)cc1. The molecule has 0 atom stereocenters. The van der Waals surface area contributed by atoms with Crippen LogP contribution in [0.1, 0.15) is 23.6 Å². The van der Waals surface area contributed by atoms with Gasteiger partial charge in [-0.15, -0.1) is 0 Å². The molecule has 38 heavy (non-hydrogen) atoms. The van der Waals surface area contributed by atoms with Crippen molar-refractivity contribution in [2.24, 2.45) is 0 Å². The summed E-state index contributed by atoms with van der Waals surface area (Å²) in [7, 11) is -2.23. The standard InChI is InChI=1S/C29H32N4O4S/c1-6-32(38(35,36)26-15-7-20(2)8-16-26)19-28(34)31-29-30-27(23-10-13-25(37-5)14-11-23)18-33(29)24-12-9-21(3)22(4)17-24/h7-18H,6,19H2,1-5H3,(H,30,31,34). The van der Waals surface area contributed by atoms with Crippen LogP contribution in [0.4, 0.5) is 5.95 Å². The molecule has 1 N–H and O–H groups in total. The molecule has 9 heteroatoms. The Hall–Kier alpha value is -3.95. The van der Waals surface area contributed by atoms with Crippen LogP contribution in [0.3, 0.4) is 0 Å². The summed E-state index contributed by atoms with van der Waals surface area (Å²) < 4.78 is 34.6. The normalized spacial score (nSPS) is 11.5. The number of sulfonamides is 1. The second kappa shape index (κ2) is 11.2. The summed E-state index contributed by atoms with van der Waals surface area (Å²) in [5, 5.41) is 2.84. The fourth-order valence-corrected chi connectivity index (χ4v) is 5.40. The maximum Gasteiger partial charge on any atom is 0.243 e. The van der Waals surface area contributed by atoms with Gasteiger partial charge in [-0.05, 0) is 80.4 Å². The third-order valence-electron chi connectivity index (χ3n) is 6.44. The number of aryl methyl sites for hydroxylation is 3. The molecule has 1 heterocycles. The van der Waals surface area contributed by atoms with Crippen molar-refractivity contribution in [1.29, 1.82) is 0 Å². The average Bonchev–Trinajstić information content (AvgIpc) is 3.32. The predicted octanol–water partition coefficient (Wildman–Crippen LogP) is 5.12. The first-order chi connectivity index (χ1) is 18.1. The summed E-state index contributed by atoms with van der Waals surface area (Å²) in [6.45, 7) is 7.45. The van der Waals surface area contributed by atoms with E-state index in [1.54, 1.807) is 42.9 Å². The lowest BCUT2D eigenvalue weighted by Gasteiger charge is -2.20. The number of rotatable bonds is 9. The highest BCUT2D eigenvalue weighted by atomic mass is 32.2. The first-order valence-corrected chi connectivity index (χ1v) is 13.7. The van der Waals surface area contributed by atoms with Crippen molar-refractivity contribution in [3.63, 3.8) is 0 Å². The molecule has 0 radical (unpaired) electrons. The molecule has 3 aromatic carbocycles. The average molecular weight is 533 g/mol. The van der Waals surface area contributed by atoms with Gasteiger partial charge in [0.2, 0.25) is 21.9 Å². The smallest absolute Gasteiger partial charge is 0.243 e. The van der Waals surface area contributed by atoms with Crippen LogP contribution in [0.25, 0.3) is 16.9 Å². The minimum atomic E-state index is -3.84. The van der Waals surface area contributed by atoms with Gasteiger partial charge in [0.1, 0.15) is 5.75 Å². The summed E-state index contributed by atoms with van der Waals surface area (Å²) in [5.74, 6) is 0.540. The zero-order chi connectivity index (χ0) is 27.4. The highest BCUT2D eigenvalue weighted by Crippen LogP contribution is 2.27. The molecule has 8 nitrogen and oxygen atoms in total. The molecule has 0 bridgehead atoms. The Morgan fingerprint density at radius 1 is 0.974 bits per heavy atom. The van der Waals surface area contributed by atoms with Crippen LogP contribution in [0.15, 0.2) is 77.8 Å². The van der Waals surface area contributed by atoms with E-state index in [4.69, 9.17) is 4.74 Å². The second-order valence-electron chi connectivity index (χ2n) is 9.11. The summed E-state index contributed by atoms with van der Waals surface area (Å²) in [5.41, 5.74) is 5.53. The molecule has 0 aliphatic carbocycles. The van der Waals surface area contributed by atoms with E-state index in [0.717, 1.165) is 38.0 Å². The van der Waals surface area contributed by atoms with E-state index in [1.807, 2.05) is 69.4 Å². The van der Waals surface area contributed by atoms with E-state index in [2.05, 4.69) is 10.3 Å². The molecule has 0 saturated carbocycles. The van der Waals surface area contributed by atoms with Crippen LogP contribution in [0.5, 0.6) is 5.75 Å². The van der Waals surface area contributed by atoms with Crippen molar-refractivity contribution >= 4 is 21.9 Å². The highest BCUT2D eigenvalue weighted by Gasteiger charge is 2.26. The number of benzene rings is 3. The summed E-state index contributed by atoms with van der Waals surface area (Å²) in [6, 6.07) is 20.0. The largest absolute Gasteiger partial charge is 0.497 e. The van der Waals surface area contributed by atoms with Crippen molar-refractivity contribution in [1.82, 2.24) is 13.9 Å². The highest BCUT2D eigenvalue weighted by molar-refractivity contribution is 7.89. The molecule has 0 unspecified atom stereocenters. The van der Waals surface area contributed by atoms with Crippen LogP contribution in [-0.4, -0.2) is 48.4 Å². The van der Waals surface area contributed by atoms with Crippen LogP contribution in [-0.2, 0) is 14.8 Å². The number of imidazole rings is 1. The van der Waals surface area contributed by atoms with Crippen LogP contribution >= 0.6 is 0 Å². The maximum absolute atomic E-state index is 13.2. The Bertz CT molecular complexity index is 1540. The first kappa shape index (κ1) is 27.1. The number of amides is 1. The minimum absolute atomic E-state index is 0.145. The molecular weight excluding hydrogens is 500 g/mol. The van der Waals surface area contributed by atoms with E-state index in [1.165, 1.54) is 0 Å². The molecule has 1 aromatic heterocycles. The Morgan fingerprint density at radius 2 is 1.66 bits per heavy atom. The molecule has 1 amide bonds. The number of methoxy groups -OCH3 is 1. The number of carbonyl (C=O) groups excluding carboxylic acids is 1. The van der Waals surface area contributed by atoms with Crippen molar-refractivity contribution in [2.75, 3.05) is 25.5 Å². The Morgan fingerprint density at radius 3 is 2.26 bits per heavy atom. The van der Waals surface area contributed by atoms with Gasteiger partial charge in [-0.1, -0.05) is 30.7 Å². The number of anilines is 1. The molecular formula is C29H32N4O4S. The third kappa shape index (κ3) is 5.79. The molecule has 0 aliphatic rings. The first-order valence-electron chi connectivity index (χ1n) is 12.3. The number of likely N-dealkylation sites (N-methyl/N-ethyl adjacent to an activating group) is 1. The lowest BCUT2D eigenvalue weighted by Crippen LogP contribution is -2.38. The number of nitrogens with one attached hydrogen (secondary N) is 1. The van der Waals surface area contributed by atoms with Crippen molar-refractivity contribution in [3.05, 3.63) is 89.6 Å². The molecule has 0 saturated heterocycles. The van der Waals surface area contributed by atoms with Gasteiger partial charge in [-0.25, -0.2) is 13.4 Å². The van der Waals surface area contributed by atoms with Gasteiger partial charge in [0.15, 0.2) is 0 Å². The molecule has 0 aliphatic heterocycles. The Balaban J connectivity index is 1.65. The summed E-state index contributed by atoms with van der Waals surface area (Å²) in [6.07, 6.45) is 1.85. The molecule has 0 fully saturated rings. The molecule has 0 spiro atoms. The number of ether oxygens (including phenoxy) is 1. The third-order valence-corrected chi connectivity index (χ3v) is 8.38. The van der Waals surface area contributed by atoms with E-state index >= 15 is 0 Å². The minimum Gasteiger partial charge on any atom is -0.497 e. The quantitative estimate of drug-likeness (QED) is 0.323. The van der Waals surface area contributed by atoms with Gasteiger partial charge in [0.05, 0.1) is 24.2 Å². The van der Waals surface area contributed by atoms with E-state index < -0.39 is 15.9 Å². The van der Waals surface area contributed by atoms with Crippen LogP contribution in [0, 0.1) is 20.8 Å². The number of aromatic nitrogens is 2. The van der Waals surface area contributed by atoms with Crippen LogP contribution < -0.4 is 10.1 Å². The van der Waals surface area contributed by atoms with Crippen molar-refractivity contribution in [2.45, 2.75) is 32.6 Å². The molecule has 4 rings (SSSR count). The zero-order valence-electron chi connectivity index (χ0n) is 22.2. The lowest BCUT2D eigenvalue weighted by atomic mass is 10.1. The number of hydrogen-bond donors (Lipinski definition) is 1. The van der Waals surface area contributed by atoms with Crippen molar-refractivity contribution in [3.8, 4) is 22.7 Å². The summed E-state index contributed by atoms with van der Waals surface area (Å²) >= 11 is 0. The van der Waals surface area contributed by atoms with Crippen LogP contribution in [0.2, 0.25) is 0 Å². The summed E-state index contributed by atoms with van der Waals surface area (Å²) in [4.78, 5) is 18.0. The molecule has 198 valence electrons. The lowest BCUT2D eigenvalue weighted by molar-refractivity contribution is -0.116. The topological polar surface area (TPSA) is 93.5 Å².